The predicted octanol–water partition coefficient (Wildman–Crippen LogP) is 1.63. The van der Waals surface area contributed by atoms with Gasteiger partial charge in [-0.1, -0.05) is 0 Å². The second kappa shape index (κ2) is 5.90. The van der Waals surface area contributed by atoms with Crippen molar-refractivity contribution in [1.82, 2.24) is 19.7 Å². The molecule has 0 aromatic carbocycles. The van der Waals surface area contributed by atoms with Crippen molar-refractivity contribution in [2.24, 2.45) is 7.05 Å². The topological polar surface area (TPSA) is 69.9 Å². The van der Waals surface area contributed by atoms with Crippen LogP contribution in [0.1, 0.15) is 21.7 Å². The summed E-state index contributed by atoms with van der Waals surface area (Å²) in [6.07, 6.45) is 0.818. The largest absolute Gasteiger partial charge is 0.462 e. The fraction of sp³-hybridized carbons (Fsp3) is 0.333. The maximum Gasteiger partial charge on any atom is 0.451 e. The maximum absolute atomic E-state index is 12.3. The first-order chi connectivity index (χ1) is 9.86. The normalized spacial score (nSPS) is 11.4. The van der Waals surface area contributed by atoms with Crippen LogP contribution in [0.15, 0.2) is 24.8 Å². The van der Waals surface area contributed by atoms with Gasteiger partial charge in [-0.15, -0.1) is 0 Å². The standard InChI is InChI=1S/C12H11F3N4O2/c1-19-7-8(4-18-19)2-3-21-10(20)9-5-16-11(17-6-9)12(13,14)15/h4-7H,2-3H2,1H3. The van der Waals surface area contributed by atoms with Crippen LogP contribution in [0.2, 0.25) is 0 Å². The Kier molecular flexibility index (Phi) is 4.20. The molecule has 0 spiro atoms. The molecule has 0 aliphatic carbocycles. The van der Waals surface area contributed by atoms with Crippen molar-refractivity contribution in [2.45, 2.75) is 12.6 Å². The van der Waals surface area contributed by atoms with Gasteiger partial charge in [0.05, 0.1) is 18.4 Å². The summed E-state index contributed by atoms with van der Waals surface area (Å²) in [5.41, 5.74) is 0.753. The van der Waals surface area contributed by atoms with Gasteiger partial charge in [0.25, 0.3) is 0 Å². The summed E-state index contributed by atoms with van der Waals surface area (Å²) in [6.45, 7) is 0.0888. The zero-order valence-corrected chi connectivity index (χ0v) is 11.0. The Morgan fingerprint density at radius 3 is 2.48 bits per heavy atom. The molecule has 0 fully saturated rings. The van der Waals surface area contributed by atoms with Crippen molar-refractivity contribution >= 4 is 5.97 Å². The average molecular weight is 300 g/mol. The number of carbonyl (C=O) groups excluding carboxylic acids is 1. The highest BCUT2D eigenvalue weighted by atomic mass is 19.4. The molecule has 112 valence electrons. The van der Waals surface area contributed by atoms with Crippen LogP contribution in [0.5, 0.6) is 0 Å². The Morgan fingerprint density at radius 1 is 1.29 bits per heavy atom. The smallest absolute Gasteiger partial charge is 0.451 e. The molecule has 2 aromatic heterocycles. The maximum atomic E-state index is 12.3. The predicted molar refractivity (Wildman–Crippen MR) is 64.2 cm³/mol. The Morgan fingerprint density at radius 2 is 1.95 bits per heavy atom. The van der Waals surface area contributed by atoms with E-state index in [1.807, 2.05) is 0 Å². The number of aromatic nitrogens is 4. The Bertz CT molecular complexity index is 622. The summed E-state index contributed by atoms with van der Waals surface area (Å²) in [5.74, 6) is -2.07. The van der Waals surface area contributed by atoms with Gasteiger partial charge in [-0.3, -0.25) is 4.68 Å². The van der Waals surface area contributed by atoms with Crippen molar-refractivity contribution in [1.29, 1.82) is 0 Å². The number of carbonyl (C=O) groups is 1. The van der Waals surface area contributed by atoms with E-state index in [-0.39, 0.29) is 12.2 Å². The molecule has 6 nitrogen and oxygen atoms in total. The summed E-state index contributed by atoms with van der Waals surface area (Å²) in [6, 6.07) is 0. The van der Waals surface area contributed by atoms with E-state index in [0.29, 0.717) is 6.42 Å². The molecule has 0 saturated carbocycles. The summed E-state index contributed by atoms with van der Waals surface area (Å²) in [5, 5.41) is 3.95. The molecule has 0 unspecified atom stereocenters. The lowest BCUT2D eigenvalue weighted by atomic mass is 10.3. The third-order valence-corrected chi connectivity index (χ3v) is 2.52. The summed E-state index contributed by atoms with van der Waals surface area (Å²) in [4.78, 5) is 17.8. The highest BCUT2D eigenvalue weighted by Crippen LogP contribution is 2.25. The minimum Gasteiger partial charge on any atom is -0.462 e. The van der Waals surface area contributed by atoms with E-state index in [2.05, 4.69) is 15.1 Å². The molecule has 9 heteroatoms. The number of alkyl halides is 3. The minimum absolute atomic E-state index is 0.0888. The first-order valence-electron chi connectivity index (χ1n) is 5.90. The van der Waals surface area contributed by atoms with Crippen LogP contribution in [0, 0.1) is 0 Å². The highest BCUT2D eigenvalue weighted by molar-refractivity contribution is 5.88. The molecule has 2 aromatic rings. The Hall–Kier alpha value is -2.45. The Balaban J connectivity index is 1.88. The lowest BCUT2D eigenvalue weighted by Gasteiger charge is -2.06. The van der Waals surface area contributed by atoms with E-state index in [0.717, 1.165) is 18.0 Å². The molecule has 0 radical (unpaired) electrons. The monoisotopic (exact) mass is 300 g/mol. The van der Waals surface area contributed by atoms with Gasteiger partial charge in [0.15, 0.2) is 0 Å². The van der Waals surface area contributed by atoms with E-state index >= 15 is 0 Å². The van der Waals surface area contributed by atoms with E-state index in [9.17, 15) is 18.0 Å². The quantitative estimate of drug-likeness (QED) is 0.803. The number of halogens is 3. The van der Waals surface area contributed by atoms with E-state index < -0.39 is 18.0 Å². The molecular formula is C12H11F3N4O2. The molecule has 2 heterocycles. The SMILES string of the molecule is Cn1cc(CCOC(=O)c2cnc(C(F)(F)F)nc2)cn1. The molecule has 21 heavy (non-hydrogen) atoms. The van der Waals surface area contributed by atoms with Crippen molar-refractivity contribution in [3.8, 4) is 0 Å². The third kappa shape index (κ3) is 4.01. The van der Waals surface area contributed by atoms with Gasteiger partial charge < -0.3 is 4.74 Å². The summed E-state index contributed by atoms with van der Waals surface area (Å²) < 4.78 is 43.3. The second-order valence-electron chi connectivity index (χ2n) is 4.20. The van der Waals surface area contributed by atoms with Gasteiger partial charge in [0, 0.05) is 32.1 Å². The van der Waals surface area contributed by atoms with Crippen molar-refractivity contribution in [2.75, 3.05) is 6.61 Å². The van der Waals surface area contributed by atoms with Crippen LogP contribution in [-0.4, -0.2) is 32.3 Å². The average Bonchev–Trinajstić information content (AvgIpc) is 2.83. The van der Waals surface area contributed by atoms with Crippen LogP contribution >= 0.6 is 0 Å². The van der Waals surface area contributed by atoms with Gasteiger partial charge in [-0.05, 0) is 5.56 Å². The first kappa shape index (κ1) is 14.9. The lowest BCUT2D eigenvalue weighted by molar-refractivity contribution is -0.145. The summed E-state index contributed by atoms with van der Waals surface area (Å²) >= 11 is 0. The first-order valence-corrected chi connectivity index (χ1v) is 5.90. The van der Waals surface area contributed by atoms with Gasteiger partial charge in [0.1, 0.15) is 0 Å². The number of hydrogen-bond donors (Lipinski definition) is 0. The number of ether oxygens (including phenoxy) is 1. The fourth-order valence-corrected chi connectivity index (χ4v) is 1.53. The number of hydrogen-bond acceptors (Lipinski definition) is 5. The molecule has 0 aliphatic heterocycles. The number of aryl methyl sites for hydroxylation is 1. The zero-order valence-electron chi connectivity index (χ0n) is 11.0. The molecule has 0 aliphatic rings. The molecule has 0 atom stereocenters. The van der Waals surface area contributed by atoms with Crippen molar-refractivity contribution in [3.05, 3.63) is 41.7 Å². The van der Waals surface area contributed by atoms with Gasteiger partial charge in [-0.2, -0.15) is 18.3 Å². The van der Waals surface area contributed by atoms with Gasteiger partial charge in [-0.25, -0.2) is 14.8 Å². The van der Waals surface area contributed by atoms with Crippen LogP contribution in [0.25, 0.3) is 0 Å². The number of esters is 1. The van der Waals surface area contributed by atoms with Gasteiger partial charge in [0.2, 0.25) is 5.82 Å². The molecular weight excluding hydrogens is 289 g/mol. The fourth-order valence-electron chi connectivity index (χ4n) is 1.53. The lowest BCUT2D eigenvalue weighted by Crippen LogP contribution is -2.14. The van der Waals surface area contributed by atoms with E-state index in [4.69, 9.17) is 4.74 Å². The van der Waals surface area contributed by atoms with Crippen LogP contribution in [-0.2, 0) is 24.4 Å². The van der Waals surface area contributed by atoms with Crippen molar-refractivity contribution in [3.63, 3.8) is 0 Å². The zero-order chi connectivity index (χ0) is 15.5. The van der Waals surface area contributed by atoms with Crippen LogP contribution in [0.4, 0.5) is 13.2 Å². The second-order valence-corrected chi connectivity index (χ2v) is 4.20. The molecule has 0 N–H and O–H groups in total. The van der Waals surface area contributed by atoms with Crippen LogP contribution in [0.3, 0.4) is 0 Å². The number of nitrogens with zero attached hydrogens (tertiary/aromatic N) is 4. The molecule has 0 bridgehead atoms. The van der Waals surface area contributed by atoms with E-state index in [1.165, 1.54) is 0 Å². The number of rotatable bonds is 4. The van der Waals surface area contributed by atoms with E-state index in [1.54, 1.807) is 24.1 Å². The Labute approximate surface area is 117 Å². The third-order valence-electron chi connectivity index (χ3n) is 2.52. The summed E-state index contributed by atoms with van der Waals surface area (Å²) in [7, 11) is 1.76. The van der Waals surface area contributed by atoms with Crippen LogP contribution < -0.4 is 0 Å². The molecule has 2 rings (SSSR count). The molecule has 0 amide bonds. The highest BCUT2D eigenvalue weighted by Gasteiger charge is 2.34. The van der Waals surface area contributed by atoms with Gasteiger partial charge >= 0.3 is 12.1 Å². The molecule has 0 saturated heterocycles. The van der Waals surface area contributed by atoms with Crippen molar-refractivity contribution < 1.29 is 22.7 Å². The minimum atomic E-state index is -4.64.